The summed E-state index contributed by atoms with van der Waals surface area (Å²) in [4.78, 5) is 37.9. The number of carbonyl (C=O) groups excluding carboxylic acids is 2. The normalized spacial score (nSPS) is 12.4. The third-order valence-corrected chi connectivity index (χ3v) is 7.41. The topological polar surface area (TPSA) is 94.8 Å². The van der Waals surface area contributed by atoms with E-state index in [4.69, 9.17) is 13.9 Å². The van der Waals surface area contributed by atoms with Crippen LogP contribution in [0.2, 0.25) is 0 Å². The lowest BCUT2D eigenvalue weighted by atomic mass is 9.97. The molecule has 2 aromatic heterocycles. The Bertz CT molecular complexity index is 1580. The lowest BCUT2D eigenvalue weighted by Crippen LogP contribution is -2.21. The van der Waals surface area contributed by atoms with E-state index >= 15 is 0 Å². The lowest BCUT2D eigenvalue weighted by molar-refractivity contribution is -0.118. The molecule has 2 aromatic carbocycles. The molecule has 1 N–H and O–H groups in total. The Morgan fingerprint density at radius 3 is 2.65 bits per heavy atom. The fourth-order valence-corrected chi connectivity index (χ4v) is 5.80. The zero-order chi connectivity index (χ0) is 26.1. The van der Waals surface area contributed by atoms with Gasteiger partial charge in [0.1, 0.15) is 21.9 Å². The second-order valence-corrected chi connectivity index (χ2v) is 9.97. The minimum atomic E-state index is -0.493. The van der Waals surface area contributed by atoms with Gasteiger partial charge in [-0.2, -0.15) is 0 Å². The number of nitrogens with one attached hydrogen (secondary N) is 1. The minimum Gasteiger partial charge on any atom is -0.484 e. The van der Waals surface area contributed by atoms with Crippen LogP contribution in [0.3, 0.4) is 0 Å². The minimum absolute atomic E-state index is 0.221. The first-order valence-corrected chi connectivity index (χ1v) is 13.1. The molecule has 37 heavy (non-hydrogen) atoms. The largest absolute Gasteiger partial charge is 0.484 e. The van der Waals surface area contributed by atoms with Gasteiger partial charge in [-0.15, -0.1) is 11.3 Å². The summed E-state index contributed by atoms with van der Waals surface area (Å²) in [6, 6.07) is 11.3. The van der Waals surface area contributed by atoms with Crippen LogP contribution in [0, 0.1) is 13.8 Å². The van der Waals surface area contributed by atoms with Crippen LogP contribution in [0.25, 0.3) is 22.1 Å². The van der Waals surface area contributed by atoms with Crippen molar-refractivity contribution < 1.29 is 23.5 Å². The number of hydrogen-bond acceptors (Lipinski definition) is 7. The van der Waals surface area contributed by atoms with Gasteiger partial charge in [0, 0.05) is 28.0 Å². The summed E-state index contributed by atoms with van der Waals surface area (Å²) in [6.07, 6.45) is 2.54. The van der Waals surface area contributed by atoms with E-state index in [1.54, 1.807) is 19.1 Å². The highest BCUT2D eigenvalue weighted by Gasteiger charge is 2.24. The Balaban J connectivity index is 1.35. The Morgan fingerprint density at radius 2 is 1.86 bits per heavy atom. The Kier molecular flexibility index (Phi) is 6.84. The summed E-state index contributed by atoms with van der Waals surface area (Å²) in [5, 5.41) is 5.96. The Morgan fingerprint density at radius 1 is 1.05 bits per heavy atom. The highest BCUT2D eigenvalue weighted by Crippen LogP contribution is 2.38. The highest BCUT2D eigenvalue weighted by molar-refractivity contribution is 7.15. The van der Waals surface area contributed by atoms with Crippen molar-refractivity contribution in [2.24, 2.45) is 0 Å². The van der Waals surface area contributed by atoms with Crippen molar-refractivity contribution in [1.29, 1.82) is 0 Å². The SMILES string of the molecule is CCOC(=O)c1c(-c2ccc(C)cc2C)csc1NC(=O)COc1ccc2c3c(c(=O)oc2c1)CCC3. The zero-order valence-electron chi connectivity index (χ0n) is 20.9. The van der Waals surface area contributed by atoms with Gasteiger partial charge in [-0.25, -0.2) is 9.59 Å². The summed E-state index contributed by atoms with van der Waals surface area (Å²) in [5.41, 5.74) is 6.04. The monoisotopic (exact) mass is 517 g/mol. The van der Waals surface area contributed by atoms with E-state index in [0.29, 0.717) is 27.5 Å². The first-order valence-electron chi connectivity index (χ1n) is 12.2. The maximum absolute atomic E-state index is 12.9. The maximum atomic E-state index is 12.9. The number of esters is 1. The average Bonchev–Trinajstić information content (AvgIpc) is 3.51. The molecule has 0 fully saturated rings. The van der Waals surface area contributed by atoms with E-state index in [2.05, 4.69) is 5.32 Å². The number of fused-ring (bicyclic) bond motifs is 3. The number of aryl methyl sites for hydroxylation is 3. The van der Waals surface area contributed by atoms with Crippen molar-refractivity contribution in [2.75, 3.05) is 18.5 Å². The molecule has 1 aliphatic carbocycles. The fourth-order valence-electron chi connectivity index (χ4n) is 4.84. The van der Waals surface area contributed by atoms with Crippen molar-refractivity contribution in [3.05, 3.63) is 80.0 Å². The van der Waals surface area contributed by atoms with Gasteiger partial charge in [0.05, 0.1) is 6.61 Å². The molecule has 0 atom stereocenters. The van der Waals surface area contributed by atoms with Crippen LogP contribution >= 0.6 is 11.3 Å². The quantitative estimate of drug-likeness (QED) is 0.245. The highest BCUT2D eigenvalue weighted by atomic mass is 32.1. The first kappa shape index (κ1) is 24.8. The van der Waals surface area contributed by atoms with Gasteiger partial charge in [-0.3, -0.25) is 4.79 Å². The third kappa shape index (κ3) is 4.89. The van der Waals surface area contributed by atoms with E-state index in [9.17, 15) is 14.4 Å². The summed E-state index contributed by atoms with van der Waals surface area (Å²) in [6.45, 7) is 5.69. The zero-order valence-corrected chi connectivity index (χ0v) is 21.8. The number of thiophene rings is 1. The predicted octanol–water partition coefficient (Wildman–Crippen LogP) is 5.82. The fraction of sp³-hybridized carbons (Fsp3) is 0.276. The molecule has 2 heterocycles. The van der Waals surface area contributed by atoms with Gasteiger partial charge in [0.25, 0.3) is 5.91 Å². The maximum Gasteiger partial charge on any atom is 0.341 e. The molecule has 1 amide bonds. The molecule has 5 rings (SSSR count). The molecule has 0 saturated heterocycles. The van der Waals surface area contributed by atoms with Crippen molar-refractivity contribution >= 4 is 39.2 Å². The molecule has 4 aromatic rings. The van der Waals surface area contributed by atoms with Gasteiger partial charge in [-0.05, 0) is 68.9 Å². The van der Waals surface area contributed by atoms with Gasteiger partial charge in [-0.1, -0.05) is 23.8 Å². The standard InChI is InChI=1S/C29H27NO6S/c1-4-34-29(33)26-23(19-10-8-16(2)12-17(19)3)15-37-27(26)30-25(31)14-35-18-9-11-21-20-6-5-7-22(20)28(32)36-24(21)13-18/h8-13,15H,4-7,14H2,1-3H3,(H,30,31). The molecule has 7 nitrogen and oxygen atoms in total. The van der Waals surface area contributed by atoms with E-state index in [0.717, 1.165) is 52.5 Å². The molecular weight excluding hydrogens is 490 g/mol. The molecule has 0 radical (unpaired) electrons. The van der Waals surface area contributed by atoms with Crippen LogP contribution in [0.15, 0.2) is 51.0 Å². The summed E-state index contributed by atoms with van der Waals surface area (Å²) in [7, 11) is 0. The van der Waals surface area contributed by atoms with Crippen LogP contribution in [-0.4, -0.2) is 25.1 Å². The number of hydrogen-bond donors (Lipinski definition) is 1. The molecule has 0 bridgehead atoms. The number of benzene rings is 2. The van der Waals surface area contributed by atoms with Crippen molar-refractivity contribution in [1.82, 2.24) is 0 Å². The molecule has 8 heteroatoms. The molecule has 0 aliphatic heterocycles. The van der Waals surface area contributed by atoms with E-state index < -0.39 is 11.9 Å². The molecule has 1 aliphatic rings. The molecule has 0 unspecified atom stereocenters. The molecular formula is C29H27NO6S. The number of rotatable bonds is 7. The lowest BCUT2D eigenvalue weighted by Gasteiger charge is -2.11. The van der Waals surface area contributed by atoms with Crippen LogP contribution in [0.1, 0.15) is 46.0 Å². The van der Waals surface area contributed by atoms with E-state index in [1.807, 2.05) is 43.5 Å². The Hall–Kier alpha value is -3.91. The van der Waals surface area contributed by atoms with Gasteiger partial charge < -0.3 is 19.2 Å². The van der Waals surface area contributed by atoms with Crippen LogP contribution < -0.4 is 15.7 Å². The van der Waals surface area contributed by atoms with Crippen LogP contribution in [0.5, 0.6) is 5.75 Å². The Labute approximate surface area is 218 Å². The predicted molar refractivity (Wildman–Crippen MR) is 144 cm³/mol. The number of ether oxygens (including phenoxy) is 2. The number of anilines is 1. The van der Waals surface area contributed by atoms with Gasteiger partial charge >= 0.3 is 11.6 Å². The third-order valence-electron chi connectivity index (χ3n) is 6.51. The summed E-state index contributed by atoms with van der Waals surface area (Å²) in [5.74, 6) is -0.501. The molecule has 0 spiro atoms. The van der Waals surface area contributed by atoms with Gasteiger partial charge in [0.15, 0.2) is 6.61 Å². The molecule has 0 saturated carbocycles. The van der Waals surface area contributed by atoms with Crippen LogP contribution in [-0.2, 0) is 22.4 Å². The molecule has 190 valence electrons. The first-order chi connectivity index (χ1) is 17.9. The summed E-state index contributed by atoms with van der Waals surface area (Å²) < 4.78 is 16.5. The second-order valence-electron chi connectivity index (χ2n) is 9.09. The van der Waals surface area contributed by atoms with Crippen molar-refractivity contribution in [2.45, 2.75) is 40.0 Å². The smallest absolute Gasteiger partial charge is 0.341 e. The van der Waals surface area contributed by atoms with Crippen molar-refractivity contribution in [3.8, 4) is 16.9 Å². The van der Waals surface area contributed by atoms with Crippen molar-refractivity contribution in [3.63, 3.8) is 0 Å². The second kappa shape index (κ2) is 10.2. The van der Waals surface area contributed by atoms with E-state index in [1.165, 1.54) is 11.3 Å². The van der Waals surface area contributed by atoms with Crippen LogP contribution in [0.4, 0.5) is 5.00 Å². The van der Waals surface area contributed by atoms with E-state index in [-0.39, 0.29) is 18.8 Å². The average molecular weight is 518 g/mol. The van der Waals surface area contributed by atoms with Gasteiger partial charge in [0.2, 0.25) is 0 Å². The number of amides is 1. The summed E-state index contributed by atoms with van der Waals surface area (Å²) >= 11 is 1.26. The number of carbonyl (C=O) groups is 2.